The summed E-state index contributed by atoms with van der Waals surface area (Å²) in [7, 11) is -0.405. The Morgan fingerprint density at radius 3 is 1.75 bits per heavy atom. The van der Waals surface area contributed by atoms with Gasteiger partial charge in [0, 0.05) is 5.56 Å². The van der Waals surface area contributed by atoms with Crippen LogP contribution in [-0.2, 0) is 0 Å². The quantitative estimate of drug-likeness (QED) is 0.351. The third kappa shape index (κ3) is 4.32. The van der Waals surface area contributed by atoms with Crippen LogP contribution in [0.3, 0.4) is 0 Å². The van der Waals surface area contributed by atoms with Crippen molar-refractivity contribution in [1.82, 2.24) is 0 Å². The lowest BCUT2D eigenvalue weighted by atomic mass is 9.97. The molecular weight excluding hydrogens is 364 g/mol. The Morgan fingerprint density at radius 2 is 1.32 bits per heavy atom. The summed E-state index contributed by atoms with van der Waals surface area (Å²) in [4.78, 5) is 12.2. The number of methoxy groups -OCH3 is 1. The van der Waals surface area contributed by atoms with E-state index in [-0.39, 0.29) is 5.78 Å². The fourth-order valence-electron chi connectivity index (χ4n) is 4.46. The molecule has 0 atom stereocenters. The number of hydrogen-bond donors (Lipinski definition) is 0. The van der Waals surface area contributed by atoms with Crippen molar-refractivity contribution in [2.75, 3.05) is 7.11 Å². The summed E-state index contributed by atoms with van der Waals surface area (Å²) in [5.41, 5.74) is 4.08. The molecule has 0 saturated carbocycles. The second-order valence-corrected chi connectivity index (χ2v) is 13.8. The molecule has 0 bridgehead atoms. The van der Waals surface area contributed by atoms with Crippen LogP contribution in [0.4, 0.5) is 0 Å². The molecule has 3 nitrogen and oxygen atoms in total. The van der Waals surface area contributed by atoms with Crippen LogP contribution in [0.5, 0.6) is 11.5 Å². The maximum Gasteiger partial charge on any atom is 0.258 e. The van der Waals surface area contributed by atoms with Crippen LogP contribution in [0.15, 0.2) is 42.5 Å². The van der Waals surface area contributed by atoms with Crippen molar-refractivity contribution in [3.05, 3.63) is 48.0 Å². The summed E-state index contributed by atoms with van der Waals surface area (Å²) < 4.78 is 12.1. The van der Waals surface area contributed by atoms with Gasteiger partial charge in [-0.15, -0.1) is 0 Å². The van der Waals surface area contributed by atoms with E-state index >= 15 is 0 Å². The number of carbonyl (C=O) groups excluding carboxylic acids is 1. The van der Waals surface area contributed by atoms with E-state index in [2.05, 4.69) is 41.5 Å². The summed E-state index contributed by atoms with van der Waals surface area (Å²) in [6.45, 7) is 15.3. The number of Topliss-reactive ketones (excluding diaryl/α,β-unsaturated/α-hetero) is 1. The minimum Gasteiger partial charge on any atom is -0.543 e. The third-order valence-electron chi connectivity index (χ3n) is 5.77. The van der Waals surface area contributed by atoms with Gasteiger partial charge in [-0.05, 0) is 65.0 Å². The van der Waals surface area contributed by atoms with Crippen molar-refractivity contribution < 1.29 is 14.0 Å². The Kier molecular flexibility index (Phi) is 7.10. The SMILES string of the molecule is COc1ccc(-c2cc(O[Si](C(C)C)(C(C)C)C(C)C)ccc2C(C)=O)cc1. The second-order valence-electron chi connectivity index (χ2n) is 8.41. The molecule has 2 rings (SSSR count). The maximum atomic E-state index is 12.2. The number of benzene rings is 2. The largest absolute Gasteiger partial charge is 0.543 e. The molecule has 0 saturated heterocycles. The minimum absolute atomic E-state index is 0.0532. The minimum atomic E-state index is -2.06. The van der Waals surface area contributed by atoms with Crippen LogP contribution in [0.1, 0.15) is 58.8 Å². The molecule has 0 spiro atoms. The molecule has 4 heteroatoms. The molecule has 0 aliphatic heterocycles. The molecule has 2 aromatic carbocycles. The molecule has 0 unspecified atom stereocenters. The van der Waals surface area contributed by atoms with Gasteiger partial charge in [0.15, 0.2) is 5.78 Å². The van der Waals surface area contributed by atoms with Crippen LogP contribution in [0, 0.1) is 0 Å². The van der Waals surface area contributed by atoms with Crippen LogP contribution in [-0.4, -0.2) is 21.2 Å². The summed E-state index contributed by atoms with van der Waals surface area (Å²) in [5, 5.41) is 0. The zero-order valence-corrected chi connectivity index (χ0v) is 19.5. The number of rotatable bonds is 8. The molecular formula is C24H34O3Si. The van der Waals surface area contributed by atoms with Crippen LogP contribution < -0.4 is 9.16 Å². The van der Waals surface area contributed by atoms with E-state index in [1.807, 2.05) is 42.5 Å². The van der Waals surface area contributed by atoms with E-state index in [1.54, 1.807) is 14.0 Å². The number of hydrogen-bond acceptors (Lipinski definition) is 3. The van der Waals surface area contributed by atoms with E-state index in [1.165, 1.54) is 0 Å². The lowest BCUT2D eigenvalue weighted by Gasteiger charge is -2.42. The van der Waals surface area contributed by atoms with Gasteiger partial charge in [-0.3, -0.25) is 4.79 Å². The van der Waals surface area contributed by atoms with E-state index in [0.29, 0.717) is 22.2 Å². The van der Waals surface area contributed by atoms with Crippen molar-refractivity contribution in [2.45, 2.75) is 65.1 Å². The monoisotopic (exact) mass is 398 g/mol. The lowest BCUT2D eigenvalue weighted by molar-refractivity contribution is 0.101. The zero-order chi connectivity index (χ0) is 21.1. The Labute approximate surface area is 171 Å². The number of ketones is 1. The first-order valence-electron chi connectivity index (χ1n) is 10.1. The van der Waals surface area contributed by atoms with Gasteiger partial charge in [-0.1, -0.05) is 53.7 Å². The van der Waals surface area contributed by atoms with Gasteiger partial charge in [-0.25, -0.2) is 0 Å². The first-order chi connectivity index (χ1) is 13.1. The molecule has 0 aliphatic carbocycles. The van der Waals surface area contributed by atoms with Gasteiger partial charge in [0.25, 0.3) is 8.32 Å². The average molecular weight is 399 g/mol. The summed E-state index contributed by atoms with van der Waals surface area (Å²) in [6, 6.07) is 13.7. The maximum absolute atomic E-state index is 12.2. The van der Waals surface area contributed by atoms with Crippen molar-refractivity contribution in [3.63, 3.8) is 0 Å². The van der Waals surface area contributed by atoms with E-state index in [9.17, 15) is 4.79 Å². The molecule has 152 valence electrons. The molecule has 28 heavy (non-hydrogen) atoms. The molecule has 0 aromatic heterocycles. The molecule has 0 N–H and O–H groups in total. The Morgan fingerprint density at radius 1 is 0.821 bits per heavy atom. The Balaban J connectivity index is 2.56. The lowest BCUT2D eigenvalue weighted by Crippen LogP contribution is -2.50. The predicted octanol–water partition coefficient (Wildman–Crippen LogP) is 7.12. The third-order valence-corrected chi connectivity index (χ3v) is 11.8. The van der Waals surface area contributed by atoms with Crippen molar-refractivity contribution in [3.8, 4) is 22.6 Å². The van der Waals surface area contributed by atoms with Crippen molar-refractivity contribution >= 4 is 14.1 Å². The second kappa shape index (κ2) is 8.95. The summed E-state index contributed by atoms with van der Waals surface area (Å²) >= 11 is 0. The molecule has 0 heterocycles. The average Bonchev–Trinajstić information content (AvgIpc) is 2.65. The topological polar surface area (TPSA) is 35.5 Å². The fraction of sp³-hybridized carbons (Fsp3) is 0.458. The molecule has 0 fully saturated rings. The van der Waals surface area contributed by atoms with Gasteiger partial charge in [0.2, 0.25) is 0 Å². The van der Waals surface area contributed by atoms with Crippen molar-refractivity contribution in [1.29, 1.82) is 0 Å². The number of carbonyl (C=O) groups is 1. The van der Waals surface area contributed by atoms with E-state index in [4.69, 9.17) is 9.16 Å². The van der Waals surface area contributed by atoms with Gasteiger partial charge >= 0.3 is 0 Å². The highest BCUT2D eigenvalue weighted by Crippen LogP contribution is 2.43. The number of ether oxygens (including phenoxy) is 1. The molecule has 0 radical (unpaired) electrons. The van der Waals surface area contributed by atoms with E-state index in [0.717, 1.165) is 22.6 Å². The van der Waals surface area contributed by atoms with Crippen LogP contribution >= 0.6 is 0 Å². The molecule has 2 aromatic rings. The fourth-order valence-corrected chi connectivity index (χ4v) is 9.70. The first kappa shape index (κ1) is 22.2. The molecule has 0 amide bonds. The zero-order valence-electron chi connectivity index (χ0n) is 18.5. The van der Waals surface area contributed by atoms with Crippen molar-refractivity contribution in [2.24, 2.45) is 0 Å². The highest BCUT2D eigenvalue weighted by Gasteiger charge is 2.47. The van der Waals surface area contributed by atoms with Crippen LogP contribution in [0.25, 0.3) is 11.1 Å². The standard InChI is InChI=1S/C24H34O3Si/c1-16(2)28(17(3)4,18(5)6)27-22-13-14-23(19(7)25)24(15-22)20-9-11-21(26-8)12-10-20/h9-18H,1-8H3. The normalized spacial score (nSPS) is 12.0. The smallest absolute Gasteiger partial charge is 0.258 e. The first-order valence-corrected chi connectivity index (χ1v) is 12.3. The van der Waals surface area contributed by atoms with Gasteiger partial charge in [-0.2, -0.15) is 0 Å². The Bertz CT molecular complexity index is 785. The van der Waals surface area contributed by atoms with Gasteiger partial charge in [0.1, 0.15) is 11.5 Å². The summed E-state index contributed by atoms with van der Waals surface area (Å²) in [5.74, 6) is 1.71. The summed E-state index contributed by atoms with van der Waals surface area (Å²) in [6.07, 6.45) is 0. The Hall–Kier alpha value is -2.07. The van der Waals surface area contributed by atoms with Gasteiger partial charge < -0.3 is 9.16 Å². The highest BCUT2D eigenvalue weighted by atomic mass is 28.4. The van der Waals surface area contributed by atoms with E-state index < -0.39 is 8.32 Å². The van der Waals surface area contributed by atoms with Gasteiger partial charge in [0.05, 0.1) is 7.11 Å². The van der Waals surface area contributed by atoms with Crippen LogP contribution in [0.2, 0.25) is 16.6 Å². The molecule has 0 aliphatic rings. The predicted molar refractivity (Wildman–Crippen MR) is 120 cm³/mol. The highest BCUT2D eigenvalue weighted by molar-refractivity contribution is 6.78.